The number of nitrogens with one attached hydrogen (secondary N) is 1. The van der Waals surface area contributed by atoms with E-state index in [0.29, 0.717) is 11.3 Å². The van der Waals surface area contributed by atoms with Crippen molar-refractivity contribution >= 4 is 0 Å². The molecule has 3 nitrogen and oxygen atoms in total. The second-order valence-corrected chi connectivity index (χ2v) is 6.37. The number of hydrogen-bond donors (Lipinski definition) is 1. The van der Waals surface area contributed by atoms with Crippen molar-refractivity contribution in [1.29, 1.82) is 0 Å². The van der Waals surface area contributed by atoms with Gasteiger partial charge in [-0.2, -0.15) is 5.10 Å². The predicted octanol–water partition coefficient (Wildman–Crippen LogP) is 2.93. The van der Waals surface area contributed by atoms with Gasteiger partial charge < -0.3 is 5.32 Å². The first kappa shape index (κ1) is 15.2. The minimum atomic E-state index is 0.318. The summed E-state index contributed by atoms with van der Waals surface area (Å²) < 4.78 is 2.02. The lowest BCUT2D eigenvalue weighted by atomic mass is 9.78. The van der Waals surface area contributed by atoms with E-state index in [1.807, 2.05) is 11.7 Å². The maximum Gasteiger partial charge on any atom is 0.0596 e. The zero-order valence-corrected chi connectivity index (χ0v) is 12.9. The van der Waals surface area contributed by atoms with Crippen LogP contribution in [-0.4, -0.2) is 22.9 Å². The van der Waals surface area contributed by atoms with Crippen LogP contribution in [0.2, 0.25) is 0 Å². The van der Waals surface area contributed by atoms with Gasteiger partial charge >= 0.3 is 0 Å². The molecule has 104 valence electrons. The van der Waals surface area contributed by atoms with Gasteiger partial charge in [0.05, 0.1) is 5.69 Å². The summed E-state index contributed by atoms with van der Waals surface area (Å²) in [5, 5.41) is 8.00. The molecule has 3 heteroatoms. The summed E-state index contributed by atoms with van der Waals surface area (Å²) in [4.78, 5) is 0. The lowest BCUT2D eigenvalue weighted by molar-refractivity contribution is 0.228. The molecule has 1 aromatic heterocycles. The van der Waals surface area contributed by atoms with Crippen LogP contribution in [-0.2, 0) is 13.5 Å². The number of rotatable bonds is 6. The van der Waals surface area contributed by atoms with Crippen LogP contribution in [0.1, 0.15) is 45.5 Å². The highest BCUT2D eigenvalue weighted by Crippen LogP contribution is 2.28. The zero-order valence-electron chi connectivity index (χ0n) is 12.9. The van der Waals surface area contributed by atoms with E-state index in [2.05, 4.69) is 51.1 Å². The highest BCUT2D eigenvalue weighted by molar-refractivity contribution is 5.10. The van der Waals surface area contributed by atoms with Gasteiger partial charge in [-0.15, -0.1) is 0 Å². The Bertz CT molecular complexity index is 360. The molecular weight excluding hydrogens is 222 g/mol. The van der Waals surface area contributed by atoms with Crippen LogP contribution in [0.25, 0.3) is 0 Å². The lowest BCUT2D eigenvalue weighted by Gasteiger charge is -2.31. The molecule has 0 saturated heterocycles. The Balaban J connectivity index is 2.69. The summed E-state index contributed by atoms with van der Waals surface area (Å²) in [6, 6.07) is 2.21. The van der Waals surface area contributed by atoms with Gasteiger partial charge in [0.1, 0.15) is 0 Å². The van der Waals surface area contributed by atoms with Crippen molar-refractivity contribution in [2.45, 2.75) is 47.5 Å². The fourth-order valence-electron chi connectivity index (χ4n) is 2.25. The molecular formula is C15H29N3. The molecule has 0 bridgehead atoms. The van der Waals surface area contributed by atoms with Crippen LogP contribution >= 0.6 is 0 Å². The summed E-state index contributed by atoms with van der Waals surface area (Å²) >= 11 is 0. The van der Waals surface area contributed by atoms with E-state index in [-0.39, 0.29) is 0 Å². The highest BCUT2D eigenvalue weighted by atomic mass is 15.3. The van der Waals surface area contributed by atoms with Crippen molar-refractivity contribution in [3.63, 3.8) is 0 Å². The second-order valence-electron chi connectivity index (χ2n) is 6.37. The van der Waals surface area contributed by atoms with Crippen molar-refractivity contribution in [3.05, 3.63) is 17.5 Å². The molecule has 0 saturated carbocycles. The topological polar surface area (TPSA) is 29.9 Å². The first-order chi connectivity index (χ1) is 8.34. The summed E-state index contributed by atoms with van der Waals surface area (Å²) in [7, 11) is 2.04. The van der Waals surface area contributed by atoms with Gasteiger partial charge in [0.15, 0.2) is 0 Å². The first-order valence-corrected chi connectivity index (χ1v) is 7.04. The van der Waals surface area contributed by atoms with Crippen LogP contribution in [0.15, 0.2) is 6.07 Å². The SMILES string of the molecule is CCCNCC(Cc1cc(C)nn1C)C(C)(C)C. The molecule has 0 aliphatic rings. The van der Waals surface area contributed by atoms with E-state index in [4.69, 9.17) is 0 Å². The van der Waals surface area contributed by atoms with Crippen molar-refractivity contribution in [2.75, 3.05) is 13.1 Å². The summed E-state index contributed by atoms with van der Waals surface area (Å²) in [5.41, 5.74) is 2.77. The lowest BCUT2D eigenvalue weighted by Crippen LogP contribution is -2.34. The summed E-state index contributed by atoms with van der Waals surface area (Å²) in [6.45, 7) is 13.4. The maximum absolute atomic E-state index is 4.44. The van der Waals surface area contributed by atoms with Gasteiger partial charge in [-0.3, -0.25) is 4.68 Å². The second kappa shape index (κ2) is 6.37. The Morgan fingerprint density at radius 2 is 2.06 bits per heavy atom. The van der Waals surface area contributed by atoms with E-state index in [9.17, 15) is 0 Å². The Labute approximate surface area is 112 Å². The Morgan fingerprint density at radius 3 is 2.50 bits per heavy atom. The van der Waals surface area contributed by atoms with Crippen molar-refractivity contribution in [1.82, 2.24) is 15.1 Å². The van der Waals surface area contributed by atoms with Crippen LogP contribution < -0.4 is 5.32 Å². The zero-order chi connectivity index (χ0) is 13.8. The van der Waals surface area contributed by atoms with Gasteiger partial charge in [0.2, 0.25) is 0 Å². The van der Waals surface area contributed by atoms with E-state index in [0.717, 1.165) is 25.2 Å². The maximum atomic E-state index is 4.44. The van der Waals surface area contributed by atoms with Gasteiger partial charge in [-0.1, -0.05) is 27.7 Å². The molecule has 1 heterocycles. The summed E-state index contributed by atoms with van der Waals surface area (Å²) in [5.74, 6) is 0.638. The average molecular weight is 251 g/mol. The fraction of sp³-hybridized carbons (Fsp3) is 0.800. The number of hydrogen-bond acceptors (Lipinski definition) is 2. The third-order valence-electron chi connectivity index (χ3n) is 3.60. The molecule has 1 unspecified atom stereocenters. The van der Waals surface area contributed by atoms with Crippen molar-refractivity contribution < 1.29 is 0 Å². The third kappa shape index (κ3) is 4.45. The molecule has 1 N–H and O–H groups in total. The van der Waals surface area contributed by atoms with Crippen molar-refractivity contribution in [3.8, 4) is 0 Å². The molecule has 0 aliphatic carbocycles. The van der Waals surface area contributed by atoms with Crippen LogP contribution in [0.5, 0.6) is 0 Å². The van der Waals surface area contributed by atoms with E-state index >= 15 is 0 Å². The van der Waals surface area contributed by atoms with E-state index < -0.39 is 0 Å². The number of nitrogens with zero attached hydrogens (tertiary/aromatic N) is 2. The fourth-order valence-corrected chi connectivity index (χ4v) is 2.25. The smallest absolute Gasteiger partial charge is 0.0596 e. The third-order valence-corrected chi connectivity index (χ3v) is 3.60. The van der Waals surface area contributed by atoms with Crippen molar-refractivity contribution in [2.24, 2.45) is 18.4 Å². The largest absolute Gasteiger partial charge is 0.316 e. The molecule has 1 rings (SSSR count). The molecule has 1 aromatic rings. The van der Waals surface area contributed by atoms with Gasteiger partial charge in [-0.25, -0.2) is 0 Å². The number of aromatic nitrogens is 2. The average Bonchev–Trinajstić information content (AvgIpc) is 2.55. The Hall–Kier alpha value is -0.830. The van der Waals surface area contributed by atoms with Crippen LogP contribution in [0, 0.1) is 18.3 Å². The highest BCUT2D eigenvalue weighted by Gasteiger charge is 2.25. The standard InChI is InChI=1S/C15H29N3/c1-7-8-16-11-13(15(3,4)5)10-14-9-12(2)17-18(14)6/h9,13,16H,7-8,10-11H2,1-6H3. The van der Waals surface area contributed by atoms with Crippen LogP contribution in [0.3, 0.4) is 0 Å². The normalized spacial score (nSPS) is 13.9. The monoisotopic (exact) mass is 251 g/mol. The van der Waals surface area contributed by atoms with Gasteiger partial charge in [0, 0.05) is 12.7 Å². The Morgan fingerprint density at radius 1 is 1.39 bits per heavy atom. The molecule has 0 aromatic carbocycles. The number of aryl methyl sites for hydroxylation is 2. The minimum Gasteiger partial charge on any atom is -0.316 e. The minimum absolute atomic E-state index is 0.318. The van der Waals surface area contributed by atoms with Gasteiger partial charge in [-0.05, 0) is 50.3 Å². The van der Waals surface area contributed by atoms with E-state index in [1.54, 1.807) is 0 Å². The molecule has 0 amide bonds. The molecule has 0 aliphatic heterocycles. The molecule has 1 atom stereocenters. The molecule has 0 radical (unpaired) electrons. The summed E-state index contributed by atoms with van der Waals surface area (Å²) in [6.07, 6.45) is 2.29. The first-order valence-electron chi connectivity index (χ1n) is 7.04. The Kier molecular flexibility index (Phi) is 5.39. The molecule has 0 spiro atoms. The molecule has 18 heavy (non-hydrogen) atoms. The molecule has 0 fully saturated rings. The van der Waals surface area contributed by atoms with Crippen LogP contribution in [0.4, 0.5) is 0 Å². The quantitative estimate of drug-likeness (QED) is 0.788. The van der Waals surface area contributed by atoms with Gasteiger partial charge in [0.25, 0.3) is 0 Å². The predicted molar refractivity (Wildman–Crippen MR) is 77.8 cm³/mol. The van der Waals surface area contributed by atoms with E-state index in [1.165, 1.54) is 12.1 Å².